The number of hydrogen-bond acceptors (Lipinski definition) is 5. The second-order valence-corrected chi connectivity index (χ2v) is 7.38. The van der Waals surface area contributed by atoms with Crippen LogP contribution >= 0.6 is 0 Å². The quantitative estimate of drug-likeness (QED) is 0.650. The summed E-state index contributed by atoms with van der Waals surface area (Å²) in [5.41, 5.74) is 2.05. The molecule has 0 aliphatic carbocycles. The minimum Gasteiger partial charge on any atom is -0.460 e. The molecule has 0 spiro atoms. The largest absolute Gasteiger partial charge is 0.460 e. The molecule has 1 aromatic carbocycles. The van der Waals surface area contributed by atoms with E-state index >= 15 is 0 Å². The summed E-state index contributed by atoms with van der Waals surface area (Å²) in [7, 11) is 0. The molecule has 4 rings (SSSR count). The molecule has 1 atom stereocenters. The molecular weight excluding hydrogens is 340 g/mol. The van der Waals surface area contributed by atoms with Gasteiger partial charge in [-0.05, 0) is 37.9 Å². The van der Waals surface area contributed by atoms with E-state index < -0.39 is 0 Å². The maximum atomic E-state index is 12.6. The van der Waals surface area contributed by atoms with Crippen LogP contribution in [0.4, 0.5) is 0 Å². The Hall–Kier alpha value is -2.73. The van der Waals surface area contributed by atoms with Gasteiger partial charge in [0.25, 0.3) is 0 Å². The lowest BCUT2D eigenvalue weighted by Gasteiger charge is -2.44. The summed E-state index contributed by atoms with van der Waals surface area (Å²) in [6, 6.07) is 12.2. The summed E-state index contributed by atoms with van der Waals surface area (Å²) in [5.74, 6) is -0.366. The van der Waals surface area contributed by atoms with Gasteiger partial charge >= 0.3 is 5.97 Å². The number of benzene rings is 1. The molecule has 2 aromatic heterocycles. The number of carbonyl (C=O) groups is 1. The molecule has 0 unspecified atom stereocenters. The fourth-order valence-electron chi connectivity index (χ4n) is 3.74. The number of nitrogens with zero attached hydrogens (tertiary/aromatic N) is 4. The Kier molecular flexibility index (Phi) is 4.90. The molecule has 1 saturated heterocycles. The number of fused-ring (bicyclic) bond motifs is 1. The van der Waals surface area contributed by atoms with E-state index in [1.54, 1.807) is 23.0 Å². The Morgan fingerprint density at radius 1 is 1.22 bits per heavy atom. The lowest BCUT2D eigenvalue weighted by Crippen LogP contribution is -2.52. The van der Waals surface area contributed by atoms with Gasteiger partial charge in [0.05, 0.1) is 11.7 Å². The van der Waals surface area contributed by atoms with Crippen molar-refractivity contribution in [3.05, 3.63) is 66.1 Å². The third kappa shape index (κ3) is 3.71. The molecule has 0 amide bonds. The van der Waals surface area contributed by atoms with Gasteiger partial charge < -0.3 is 4.74 Å². The van der Waals surface area contributed by atoms with Gasteiger partial charge in [-0.3, -0.25) is 4.90 Å². The third-order valence-electron chi connectivity index (χ3n) is 5.39. The van der Waals surface area contributed by atoms with Crippen molar-refractivity contribution in [2.75, 3.05) is 13.2 Å². The Bertz CT molecular complexity index is 924. The van der Waals surface area contributed by atoms with Gasteiger partial charge in [-0.1, -0.05) is 36.8 Å². The third-order valence-corrected chi connectivity index (χ3v) is 5.39. The molecular formula is C21H24N4O2. The summed E-state index contributed by atoms with van der Waals surface area (Å²) in [6.07, 6.45) is 8.28. The summed E-state index contributed by atoms with van der Waals surface area (Å²) in [5, 5.41) is 4.17. The monoisotopic (exact) mass is 364 g/mol. The number of ether oxygens (including phenoxy) is 1. The number of likely N-dealkylation sites (tertiary alicyclic amines) is 1. The second-order valence-electron chi connectivity index (χ2n) is 7.38. The molecule has 0 N–H and O–H groups in total. The first-order valence-corrected chi connectivity index (χ1v) is 9.40. The lowest BCUT2D eigenvalue weighted by atomic mass is 9.88. The van der Waals surface area contributed by atoms with Gasteiger partial charge in [0.2, 0.25) is 0 Å². The molecule has 6 heteroatoms. The number of carbonyl (C=O) groups excluding carboxylic acids is 1. The van der Waals surface area contributed by atoms with Crippen LogP contribution in [0.2, 0.25) is 0 Å². The van der Waals surface area contributed by atoms with Crippen molar-refractivity contribution in [3.63, 3.8) is 0 Å². The van der Waals surface area contributed by atoms with E-state index in [2.05, 4.69) is 46.2 Å². The number of rotatable bonds is 5. The van der Waals surface area contributed by atoms with Crippen molar-refractivity contribution < 1.29 is 9.53 Å². The number of esters is 1. The highest BCUT2D eigenvalue weighted by atomic mass is 16.5. The molecule has 0 radical (unpaired) electrons. The maximum Gasteiger partial charge on any atom is 0.343 e. The molecule has 3 heterocycles. The van der Waals surface area contributed by atoms with Crippen LogP contribution in [0.3, 0.4) is 0 Å². The molecule has 0 saturated carbocycles. The van der Waals surface area contributed by atoms with Gasteiger partial charge in [0.15, 0.2) is 5.65 Å². The lowest BCUT2D eigenvalue weighted by molar-refractivity contribution is -0.0149. The zero-order valence-electron chi connectivity index (χ0n) is 15.5. The van der Waals surface area contributed by atoms with E-state index in [4.69, 9.17) is 4.74 Å². The first-order valence-electron chi connectivity index (χ1n) is 9.40. The molecule has 0 bridgehead atoms. The fourth-order valence-corrected chi connectivity index (χ4v) is 3.74. The van der Waals surface area contributed by atoms with Crippen LogP contribution < -0.4 is 0 Å². The Morgan fingerprint density at radius 2 is 2.07 bits per heavy atom. The molecule has 27 heavy (non-hydrogen) atoms. The van der Waals surface area contributed by atoms with E-state index in [9.17, 15) is 4.79 Å². The SMILES string of the molecule is C[C@]1(COC(=O)c2cnn3cccnc23)CCCCN1Cc1ccccc1. The zero-order chi connectivity index (χ0) is 18.7. The maximum absolute atomic E-state index is 12.6. The summed E-state index contributed by atoms with van der Waals surface area (Å²) < 4.78 is 7.31. The second kappa shape index (κ2) is 7.48. The molecule has 1 aliphatic heterocycles. The molecule has 1 fully saturated rings. The van der Waals surface area contributed by atoms with Crippen LogP contribution in [-0.4, -0.2) is 44.2 Å². The number of hydrogen-bond donors (Lipinski definition) is 0. The van der Waals surface area contributed by atoms with Gasteiger partial charge in [0, 0.05) is 18.9 Å². The van der Waals surface area contributed by atoms with Crippen LogP contribution in [0.15, 0.2) is 55.0 Å². The zero-order valence-corrected chi connectivity index (χ0v) is 15.5. The van der Waals surface area contributed by atoms with Gasteiger partial charge in [-0.2, -0.15) is 5.10 Å². The average Bonchev–Trinajstić information content (AvgIpc) is 3.13. The van der Waals surface area contributed by atoms with Crippen molar-refractivity contribution in [3.8, 4) is 0 Å². The summed E-state index contributed by atoms with van der Waals surface area (Å²) >= 11 is 0. The minimum atomic E-state index is -0.366. The number of piperidine rings is 1. The first kappa shape index (κ1) is 17.7. The Morgan fingerprint density at radius 3 is 2.93 bits per heavy atom. The highest BCUT2D eigenvalue weighted by Gasteiger charge is 2.36. The van der Waals surface area contributed by atoms with Crippen molar-refractivity contribution in [1.82, 2.24) is 19.5 Å². The van der Waals surface area contributed by atoms with Gasteiger partial charge in [-0.25, -0.2) is 14.3 Å². The highest BCUT2D eigenvalue weighted by Crippen LogP contribution is 2.30. The smallest absolute Gasteiger partial charge is 0.343 e. The minimum absolute atomic E-state index is 0.167. The van der Waals surface area contributed by atoms with Crippen molar-refractivity contribution in [1.29, 1.82) is 0 Å². The predicted molar refractivity (Wildman–Crippen MR) is 102 cm³/mol. The molecule has 3 aromatic rings. The van der Waals surface area contributed by atoms with E-state index in [-0.39, 0.29) is 11.5 Å². The van der Waals surface area contributed by atoms with Gasteiger partial charge in [-0.15, -0.1) is 0 Å². The van der Waals surface area contributed by atoms with E-state index in [1.165, 1.54) is 18.2 Å². The first-order chi connectivity index (χ1) is 13.2. The molecule has 6 nitrogen and oxygen atoms in total. The number of aromatic nitrogens is 3. The summed E-state index contributed by atoms with van der Waals surface area (Å²) in [6.45, 7) is 4.44. The summed E-state index contributed by atoms with van der Waals surface area (Å²) in [4.78, 5) is 19.3. The molecule has 140 valence electrons. The fraction of sp³-hybridized carbons (Fsp3) is 0.381. The van der Waals surface area contributed by atoms with Gasteiger partial charge in [0.1, 0.15) is 12.2 Å². The van der Waals surface area contributed by atoms with Crippen molar-refractivity contribution in [2.24, 2.45) is 0 Å². The standard InChI is InChI=1S/C21H24N4O2/c1-21(10-5-6-12-24(21)15-17-8-3-2-4-9-17)16-27-20(26)18-14-23-25-13-7-11-22-19(18)25/h2-4,7-9,11,13-14H,5-6,10,12,15-16H2,1H3/t21-/m1/s1. The normalized spacial score (nSPS) is 20.6. The van der Waals surface area contributed by atoms with Crippen LogP contribution in [0.25, 0.3) is 5.65 Å². The van der Waals surface area contributed by atoms with Crippen LogP contribution in [0, 0.1) is 0 Å². The van der Waals surface area contributed by atoms with Crippen LogP contribution in [0.5, 0.6) is 0 Å². The van der Waals surface area contributed by atoms with Crippen LogP contribution in [-0.2, 0) is 11.3 Å². The van der Waals surface area contributed by atoms with E-state index in [1.807, 2.05) is 6.07 Å². The van der Waals surface area contributed by atoms with Crippen LogP contribution in [0.1, 0.15) is 42.1 Å². The Labute approximate surface area is 158 Å². The van der Waals surface area contributed by atoms with E-state index in [0.717, 1.165) is 25.9 Å². The topological polar surface area (TPSA) is 59.7 Å². The van der Waals surface area contributed by atoms with Crippen molar-refractivity contribution in [2.45, 2.75) is 38.3 Å². The van der Waals surface area contributed by atoms with Crippen molar-refractivity contribution >= 4 is 11.6 Å². The predicted octanol–water partition coefficient (Wildman–Crippen LogP) is 3.33. The highest BCUT2D eigenvalue weighted by molar-refractivity contribution is 5.95. The Balaban J connectivity index is 1.47. The molecule has 1 aliphatic rings. The van der Waals surface area contributed by atoms with E-state index in [0.29, 0.717) is 17.8 Å². The average molecular weight is 364 g/mol.